The Kier molecular flexibility index (Phi) is 6.56. The molecule has 0 saturated heterocycles. The monoisotopic (exact) mass is 302 g/mol. The minimum absolute atomic E-state index is 0.0584. The van der Waals surface area contributed by atoms with Gasteiger partial charge in [-0.15, -0.1) is 0 Å². The highest BCUT2D eigenvalue weighted by molar-refractivity contribution is 7.89. The van der Waals surface area contributed by atoms with Gasteiger partial charge in [-0.2, -0.15) is 0 Å². The summed E-state index contributed by atoms with van der Waals surface area (Å²) in [6.07, 6.45) is 2.50. The Morgan fingerprint density at radius 3 is 2.70 bits per heavy atom. The van der Waals surface area contributed by atoms with Gasteiger partial charge in [-0.25, -0.2) is 22.9 Å². The molecule has 0 saturated carbocycles. The Hall–Kier alpha value is -1.51. The third kappa shape index (κ3) is 5.24. The van der Waals surface area contributed by atoms with Crippen LogP contribution in [0.1, 0.15) is 30.1 Å². The van der Waals surface area contributed by atoms with Crippen molar-refractivity contribution in [3.63, 3.8) is 0 Å². The van der Waals surface area contributed by atoms with Crippen molar-refractivity contribution in [1.82, 2.24) is 9.71 Å². The third-order valence-corrected chi connectivity index (χ3v) is 3.74. The number of nitrogens with zero attached hydrogens (tertiary/aromatic N) is 1. The van der Waals surface area contributed by atoms with E-state index in [0.29, 0.717) is 19.6 Å². The van der Waals surface area contributed by atoms with Crippen LogP contribution in [-0.4, -0.2) is 44.2 Å². The van der Waals surface area contributed by atoms with Crippen LogP contribution in [0, 0.1) is 0 Å². The van der Waals surface area contributed by atoms with Crippen molar-refractivity contribution in [2.45, 2.75) is 24.8 Å². The lowest BCUT2D eigenvalue weighted by Gasteiger charge is -2.06. The average Bonchev–Trinajstić information content (AvgIpc) is 2.43. The minimum atomic E-state index is -3.71. The molecule has 7 nitrogen and oxygen atoms in total. The van der Waals surface area contributed by atoms with Gasteiger partial charge >= 0.3 is 5.97 Å². The van der Waals surface area contributed by atoms with Crippen LogP contribution in [0.15, 0.2) is 23.4 Å². The Morgan fingerprint density at radius 2 is 2.15 bits per heavy atom. The van der Waals surface area contributed by atoms with Crippen molar-refractivity contribution in [3.8, 4) is 0 Å². The van der Waals surface area contributed by atoms with Gasteiger partial charge in [0.1, 0.15) is 0 Å². The molecular formula is C12H18N2O5S. The van der Waals surface area contributed by atoms with Crippen LogP contribution in [0.25, 0.3) is 0 Å². The second-order valence-corrected chi connectivity index (χ2v) is 5.77. The molecule has 0 aliphatic heterocycles. The molecule has 112 valence electrons. The molecule has 0 radical (unpaired) electrons. The fraction of sp³-hybridized carbons (Fsp3) is 0.500. The smallest absolute Gasteiger partial charge is 0.337 e. The zero-order chi connectivity index (χ0) is 15.0. The van der Waals surface area contributed by atoms with Crippen LogP contribution in [0.2, 0.25) is 0 Å². The van der Waals surface area contributed by atoms with Gasteiger partial charge in [0.15, 0.2) is 5.03 Å². The van der Waals surface area contributed by atoms with Crippen molar-refractivity contribution in [2.75, 3.05) is 19.8 Å². The van der Waals surface area contributed by atoms with E-state index in [-0.39, 0.29) is 17.1 Å². The van der Waals surface area contributed by atoms with Gasteiger partial charge in [-0.3, -0.25) is 0 Å². The zero-order valence-electron chi connectivity index (χ0n) is 11.2. The van der Waals surface area contributed by atoms with Gasteiger partial charge in [-0.1, -0.05) is 6.92 Å². The second-order valence-electron chi connectivity index (χ2n) is 4.05. The number of hydrogen-bond acceptors (Lipinski definition) is 5. The van der Waals surface area contributed by atoms with Gasteiger partial charge in [0.05, 0.1) is 5.56 Å². The summed E-state index contributed by atoms with van der Waals surface area (Å²) in [6, 6.07) is 2.37. The van der Waals surface area contributed by atoms with E-state index in [9.17, 15) is 13.2 Å². The van der Waals surface area contributed by atoms with Gasteiger partial charge in [0.25, 0.3) is 10.0 Å². The summed E-state index contributed by atoms with van der Waals surface area (Å²) in [4.78, 5) is 14.3. The molecule has 0 bridgehead atoms. The van der Waals surface area contributed by atoms with Gasteiger partial charge in [0.2, 0.25) is 0 Å². The van der Waals surface area contributed by atoms with Gasteiger partial charge in [0, 0.05) is 26.0 Å². The third-order valence-electron chi connectivity index (χ3n) is 2.36. The molecule has 0 fully saturated rings. The first-order valence-electron chi connectivity index (χ1n) is 6.24. The number of aromatic nitrogens is 1. The van der Waals surface area contributed by atoms with Gasteiger partial charge < -0.3 is 9.84 Å². The van der Waals surface area contributed by atoms with E-state index < -0.39 is 16.0 Å². The quantitative estimate of drug-likeness (QED) is 0.656. The summed E-state index contributed by atoms with van der Waals surface area (Å²) >= 11 is 0. The van der Waals surface area contributed by atoms with E-state index >= 15 is 0 Å². The fourth-order valence-corrected chi connectivity index (χ4v) is 2.37. The number of rotatable bonds is 9. The maximum atomic E-state index is 11.8. The number of carboxylic acids is 1. The predicted molar refractivity (Wildman–Crippen MR) is 72.1 cm³/mol. The molecule has 1 heterocycles. The first-order chi connectivity index (χ1) is 9.47. The largest absolute Gasteiger partial charge is 0.478 e. The summed E-state index contributed by atoms with van der Waals surface area (Å²) in [7, 11) is -3.71. The van der Waals surface area contributed by atoms with Crippen LogP contribution in [0.5, 0.6) is 0 Å². The van der Waals surface area contributed by atoms with Gasteiger partial charge in [-0.05, 0) is 25.0 Å². The maximum Gasteiger partial charge on any atom is 0.337 e. The molecular weight excluding hydrogens is 284 g/mol. The Labute approximate surface area is 118 Å². The fourth-order valence-electron chi connectivity index (χ4n) is 1.37. The molecule has 1 aromatic rings. The summed E-state index contributed by atoms with van der Waals surface area (Å²) in [5.41, 5.74) is -0.0584. The first-order valence-corrected chi connectivity index (χ1v) is 7.72. The molecule has 20 heavy (non-hydrogen) atoms. The predicted octanol–water partition coefficient (Wildman–Crippen LogP) is 0.875. The van der Waals surface area contributed by atoms with E-state index in [1.54, 1.807) is 0 Å². The molecule has 0 aromatic carbocycles. The Bertz CT molecular complexity index is 527. The number of pyridine rings is 1. The molecule has 0 unspecified atom stereocenters. The lowest BCUT2D eigenvalue weighted by Crippen LogP contribution is -2.26. The summed E-state index contributed by atoms with van der Waals surface area (Å²) in [6.45, 7) is 3.39. The van der Waals surface area contributed by atoms with Crippen LogP contribution in [-0.2, 0) is 14.8 Å². The molecule has 1 aromatic heterocycles. The molecule has 0 spiro atoms. The van der Waals surface area contributed by atoms with Crippen molar-refractivity contribution in [1.29, 1.82) is 0 Å². The standard InChI is InChI=1S/C12H18N2O5S/c1-2-7-19-8-3-6-14-20(17,18)11-5-4-10(9-13-11)12(15)16/h4-5,9,14H,2-3,6-8H2,1H3,(H,15,16). The molecule has 2 N–H and O–H groups in total. The number of hydrogen-bond donors (Lipinski definition) is 2. The lowest BCUT2D eigenvalue weighted by molar-refractivity contribution is 0.0696. The SMILES string of the molecule is CCCOCCCNS(=O)(=O)c1ccc(C(=O)O)cn1. The number of aromatic carboxylic acids is 1. The number of ether oxygens (including phenoxy) is 1. The Morgan fingerprint density at radius 1 is 1.40 bits per heavy atom. The number of carbonyl (C=O) groups is 1. The van der Waals surface area contributed by atoms with Crippen LogP contribution < -0.4 is 4.72 Å². The number of sulfonamides is 1. The number of carboxylic acid groups (broad SMARTS) is 1. The second kappa shape index (κ2) is 7.93. The van der Waals surface area contributed by atoms with E-state index in [2.05, 4.69) is 9.71 Å². The molecule has 0 aliphatic carbocycles. The molecule has 8 heteroatoms. The highest BCUT2D eigenvalue weighted by Gasteiger charge is 2.15. The molecule has 0 aliphatic rings. The molecule has 0 amide bonds. The average molecular weight is 302 g/mol. The number of nitrogens with one attached hydrogen (secondary N) is 1. The Balaban J connectivity index is 2.49. The van der Waals surface area contributed by atoms with Crippen LogP contribution in [0.3, 0.4) is 0 Å². The topological polar surface area (TPSA) is 106 Å². The molecule has 1 rings (SSSR count). The summed E-state index contributed by atoms with van der Waals surface area (Å²) < 4.78 is 31.3. The zero-order valence-corrected chi connectivity index (χ0v) is 12.0. The van der Waals surface area contributed by atoms with Crippen molar-refractivity contribution in [3.05, 3.63) is 23.9 Å². The lowest BCUT2D eigenvalue weighted by atomic mass is 10.3. The van der Waals surface area contributed by atoms with Crippen molar-refractivity contribution >= 4 is 16.0 Å². The van der Waals surface area contributed by atoms with Crippen LogP contribution in [0.4, 0.5) is 0 Å². The highest BCUT2D eigenvalue weighted by atomic mass is 32.2. The first kappa shape index (κ1) is 16.5. The minimum Gasteiger partial charge on any atom is -0.478 e. The molecule has 0 atom stereocenters. The van der Waals surface area contributed by atoms with Crippen LogP contribution >= 0.6 is 0 Å². The van der Waals surface area contributed by atoms with E-state index in [1.807, 2.05) is 6.92 Å². The summed E-state index contributed by atoms with van der Waals surface area (Å²) in [5.74, 6) is -1.15. The van der Waals surface area contributed by atoms with E-state index in [4.69, 9.17) is 9.84 Å². The van der Waals surface area contributed by atoms with Crippen molar-refractivity contribution < 1.29 is 23.1 Å². The summed E-state index contributed by atoms with van der Waals surface area (Å²) in [5, 5.41) is 8.51. The van der Waals surface area contributed by atoms with E-state index in [1.165, 1.54) is 12.1 Å². The van der Waals surface area contributed by atoms with Crippen molar-refractivity contribution in [2.24, 2.45) is 0 Å². The highest BCUT2D eigenvalue weighted by Crippen LogP contribution is 2.06. The normalized spacial score (nSPS) is 11.4. The van der Waals surface area contributed by atoms with E-state index in [0.717, 1.165) is 12.6 Å². The maximum absolute atomic E-state index is 11.8.